The lowest BCUT2D eigenvalue weighted by molar-refractivity contribution is -0.131. The molecule has 1 amide bonds. The summed E-state index contributed by atoms with van der Waals surface area (Å²) in [6, 6.07) is 22.5. The largest absolute Gasteiger partial charge is 0.339 e. The van der Waals surface area contributed by atoms with Crippen LogP contribution in [0, 0.1) is 0 Å². The molecule has 1 saturated heterocycles. The van der Waals surface area contributed by atoms with Gasteiger partial charge in [-0.15, -0.1) is 0 Å². The Morgan fingerprint density at radius 2 is 1.56 bits per heavy atom. The molecule has 0 aromatic heterocycles. The van der Waals surface area contributed by atoms with Gasteiger partial charge in [-0.2, -0.15) is 0 Å². The van der Waals surface area contributed by atoms with Gasteiger partial charge in [0.2, 0.25) is 5.91 Å². The second-order valence-electron chi connectivity index (χ2n) is 8.44. The van der Waals surface area contributed by atoms with E-state index in [2.05, 4.69) is 29.2 Å². The molecule has 0 spiro atoms. The predicted octanol–water partition coefficient (Wildman–Crippen LogP) is 5.05. The third-order valence-electron chi connectivity index (χ3n) is 5.98. The Kier molecular flexibility index (Phi) is 8.69. The fourth-order valence-corrected chi connectivity index (χ4v) is 5.70. The first kappa shape index (κ1) is 26.2. The van der Waals surface area contributed by atoms with E-state index < -0.39 is 10.0 Å². The highest BCUT2D eigenvalue weighted by atomic mass is 35.5. The maximum atomic E-state index is 13.5. The second kappa shape index (κ2) is 11.9. The average Bonchev–Trinajstić information content (AvgIpc) is 2.88. The van der Waals surface area contributed by atoms with E-state index in [1.54, 1.807) is 29.2 Å². The summed E-state index contributed by atoms with van der Waals surface area (Å²) in [7, 11) is -4.02. The van der Waals surface area contributed by atoms with Crippen molar-refractivity contribution in [3.8, 4) is 0 Å². The average molecular weight is 545 g/mol. The minimum absolute atomic E-state index is 0.0506. The minimum Gasteiger partial charge on any atom is -0.339 e. The van der Waals surface area contributed by atoms with E-state index in [0.717, 1.165) is 16.4 Å². The maximum absolute atomic E-state index is 13.5. The highest BCUT2D eigenvalue weighted by molar-refractivity contribution is 7.92. The molecule has 9 heteroatoms. The summed E-state index contributed by atoms with van der Waals surface area (Å²) in [5, 5.41) is 0.809. The van der Waals surface area contributed by atoms with Crippen LogP contribution in [-0.2, 0) is 14.8 Å². The number of amides is 1. The lowest BCUT2D eigenvalue weighted by atomic mass is 10.2. The van der Waals surface area contributed by atoms with Crippen LogP contribution in [0.25, 0.3) is 6.08 Å². The zero-order valence-corrected chi connectivity index (χ0v) is 22.0. The monoisotopic (exact) mass is 543 g/mol. The first-order chi connectivity index (χ1) is 17.3. The summed E-state index contributed by atoms with van der Waals surface area (Å²) in [4.78, 5) is 17.3. The van der Waals surface area contributed by atoms with Crippen molar-refractivity contribution in [2.75, 3.05) is 43.6 Å². The third kappa shape index (κ3) is 6.68. The molecule has 36 heavy (non-hydrogen) atoms. The highest BCUT2D eigenvalue weighted by Crippen LogP contribution is 2.27. The van der Waals surface area contributed by atoms with Crippen LogP contribution < -0.4 is 4.31 Å². The van der Waals surface area contributed by atoms with E-state index >= 15 is 0 Å². The highest BCUT2D eigenvalue weighted by Gasteiger charge is 2.30. The molecular weight excluding hydrogens is 517 g/mol. The number of carbonyl (C=O) groups excluding carboxylic acids is 1. The standard InChI is InChI=1S/C27H27Cl2N3O3S/c28-23-11-13-26(14-12-23)36(34,35)32(25-10-4-9-24(29)20-25)21-27(33)31-18-16-30(17-19-31)15-5-8-22-6-2-1-3-7-22/h1-14,20H,15-19,21H2/b8-5+. The Morgan fingerprint density at radius 1 is 0.861 bits per heavy atom. The van der Waals surface area contributed by atoms with E-state index in [-0.39, 0.29) is 17.3 Å². The summed E-state index contributed by atoms with van der Waals surface area (Å²) < 4.78 is 28.1. The molecule has 188 valence electrons. The van der Waals surface area contributed by atoms with E-state index in [1.165, 1.54) is 24.3 Å². The van der Waals surface area contributed by atoms with E-state index in [4.69, 9.17) is 23.2 Å². The quantitative estimate of drug-likeness (QED) is 0.399. The summed E-state index contributed by atoms with van der Waals surface area (Å²) in [6.07, 6.45) is 4.20. The van der Waals surface area contributed by atoms with Crippen molar-refractivity contribution in [3.63, 3.8) is 0 Å². The Morgan fingerprint density at radius 3 is 2.22 bits per heavy atom. The van der Waals surface area contributed by atoms with Crippen LogP contribution in [0.4, 0.5) is 5.69 Å². The van der Waals surface area contributed by atoms with Gasteiger partial charge in [0.15, 0.2) is 0 Å². The lowest BCUT2D eigenvalue weighted by Gasteiger charge is -2.35. The first-order valence-electron chi connectivity index (χ1n) is 11.6. The first-order valence-corrected chi connectivity index (χ1v) is 13.8. The third-order valence-corrected chi connectivity index (χ3v) is 8.25. The molecule has 0 aliphatic carbocycles. The molecule has 0 unspecified atom stereocenters. The summed E-state index contributed by atoms with van der Waals surface area (Å²) in [6.45, 7) is 2.96. The van der Waals surface area contributed by atoms with Gasteiger partial charge in [0, 0.05) is 42.8 Å². The topological polar surface area (TPSA) is 60.9 Å². The second-order valence-corrected chi connectivity index (χ2v) is 11.2. The van der Waals surface area contributed by atoms with Crippen LogP contribution in [0.15, 0.2) is 89.8 Å². The molecule has 0 radical (unpaired) electrons. The van der Waals surface area contributed by atoms with Crippen LogP contribution in [-0.4, -0.2) is 63.4 Å². The van der Waals surface area contributed by atoms with Gasteiger partial charge in [-0.25, -0.2) is 8.42 Å². The van der Waals surface area contributed by atoms with E-state index in [9.17, 15) is 13.2 Å². The van der Waals surface area contributed by atoms with Gasteiger partial charge in [-0.1, -0.05) is 71.8 Å². The molecule has 1 aliphatic heterocycles. The molecule has 0 N–H and O–H groups in total. The number of hydrogen-bond donors (Lipinski definition) is 0. The normalized spacial score (nSPS) is 14.8. The molecule has 6 nitrogen and oxygen atoms in total. The van der Waals surface area contributed by atoms with Crippen molar-refractivity contribution in [1.82, 2.24) is 9.80 Å². The number of carbonyl (C=O) groups is 1. The van der Waals surface area contributed by atoms with Crippen LogP contribution >= 0.6 is 23.2 Å². The van der Waals surface area contributed by atoms with Gasteiger partial charge in [-0.05, 0) is 48.0 Å². The number of anilines is 1. The molecule has 3 aromatic carbocycles. The van der Waals surface area contributed by atoms with Crippen LogP contribution in [0.1, 0.15) is 5.56 Å². The van der Waals surface area contributed by atoms with Crippen molar-refractivity contribution in [3.05, 3.63) is 101 Å². The predicted molar refractivity (Wildman–Crippen MR) is 146 cm³/mol. The van der Waals surface area contributed by atoms with Gasteiger partial charge in [0.1, 0.15) is 6.54 Å². The zero-order valence-electron chi connectivity index (χ0n) is 19.6. The molecule has 3 aromatic rings. The van der Waals surface area contributed by atoms with Crippen molar-refractivity contribution in [1.29, 1.82) is 0 Å². The van der Waals surface area contributed by atoms with Gasteiger partial charge < -0.3 is 4.90 Å². The van der Waals surface area contributed by atoms with Crippen molar-refractivity contribution >= 4 is 50.9 Å². The molecular formula is C27H27Cl2N3O3S. The molecule has 0 bridgehead atoms. The van der Waals surface area contributed by atoms with Crippen LogP contribution in [0.3, 0.4) is 0 Å². The molecule has 0 atom stereocenters. The van der Waals surface area contributed by atoms with Gasteiger partial charge in [0.25, 0.3) is 10.0 Å². The number of piperazine rings is 1. The lowest BCUT2D eigenvalue weighted by Crippen LogP contribution is -2.51. The molecule has 4 rings (SSSR count). The Balaban J connectivity index is 1.43. The number of sulfonamides is 1. The zero-order chi connectivity index (χ0) is 25.5. The number of benzene rings is 3. The minimum atomic E-state index is -4.02. The summed E-state index contributed by atoms with van der Waals surface area (Å²) in [5.74, 6) is -0.257. The molecule has 1 aliphatic rings. The van der Waals surface area contributed by atoms with Gasteiger partial charge in [0.05, 0.1) is 10.6 Å². The van der Waals surface area contributed by atoms with Crippen LogP contribution in [0.2, 0.25) is 10.0 Å². The maximum Gasteiger partial charge on any atom is 0.264 e. The van der Waals surface area contributed by atoms with Crippen molar-refractivity contribution in [2.45, 2.75) is 4.90 Å². The SMILES string of the molecule is O=C(CN(c1cccc(Cl)c1)S(=O)(=O)c1ccc(Cl)cc1)N1CCN(C/C=C/c2ccccc2)CC1. The fraction of sp³-hybridized carbons (Fsp3) is 0.222. The summed E-state index contributed by atoms with van der Waals surface area (Å²) in [5.41, 5.74) is 1.48. The van der Waals surface area contributed by atoms with E-state index in [1.807, 2.05) is 18.2 Å². The fourth-order valence-electron chi connectivity index (χ4n) is 3.98. The Labute approximate surface area is 222 Å². The Bertz CT molecular complexity index is 1310. The van der Waals surface area contributed by atoms with Crippen molar-refractivity contribution < 1.29 is 13.2 Å². The number of nitrogens with zero attached hydrogens (tertiary/aromatic N) is 3. The molecule has 1 heterocycles. The molecule has 0 saturated carbocycles. The molecule has 1 fully saturated rings. The van der Waals surface area contributed by atoms with Crippen molar-refractivity contribution in [2.24, 2.45) is 0 Å². The summed E-state index contributed by atoms with van der Waals surface area (Å²) >= 11 is 12.1. The van der Waals surface area contributed by atoms with E-state index in [0.29, 0.717) is 41.9 Å². The van der Waals surface area contributed by atoms with Gasteiger partial charge >= 0.3 is 0 Å². The van der Waals surface area contributed by atoms with Crippen LogP contribution in [0.5, 0.6) is 0 Å². The number of rotatable bonds is 8. The van der Waals surface area contributed by atoms with Gasteiger partial charge in [-0.3, -0.25) is 14.0 Å². The number of hydrogen-bond acceptors (Lipinski definition) is 4. The number of halogens is 2. The Hall–Kier alpha value is -2.84. The smallest absolute Gasteiger partial charge is 0.264 e.